The first-order valence-electron chi connectivity index (χ1n) is 6.43. The molecule has 0 bridgehead atoms. The minimum absolute atomic E-state index is 0.0231. The van der Waals surface area contributed by atoms with E-state index in [-0.39, 0.29) is 25.7 Å². The summed E-state index contributed by atoms with van der Waals surface area (Å²) in [6.45, 7) is 0.521. The molecule has 110 valence electrons. The number of aliphatic hydroxyl groups excluding tert-OH is 1. The van der Waals surface area contributed by atoms with Crippen LogP contribution >= 0.6 is 0 Å². The van der Waals surface area contributed by atoms with Gasteiger partial charge in [0.2, 0.25) is 5.91 Å². The van der Waals surface area contributed by atoms with Crippen molar-refractivity contribution in [2.24, 2.45) is 0 Å². The molecule has 0 fully saturated rings. The first-order chi connectivity index (χ1) is 9.63. The average Bonchev–Trinajstić information content (AvgIpc) is 2.46. The van der Waals surface area contributed by atoms with Crippen LogP contribution in [0.5, 0.6) is 0 Å². The van der Waals surface area contributed by atoms with Crippen LogP contribution in [0.4, 0.5) is 4.79 Å². The molecular weight excluding hydrogens is 260 g/mol. The number of hydrogen-bond acceptors (Lipinski definition) is 4. The number of carbonyl (C=O) groups is 2. The van der Waals surface area contributed by atoms with Crippen LogP contribution in [0.3, 0.4) is 0 Å². The van der Waals surface area contributed by atoms with Crippen molar-refractivity contribution in [3.05, 3.63) is 35.9 Å². The number of nitrogens with zero attached hydrogens (tertiary/aromatic N) is 1. The van der Waals surface area contributed by atoms with E-state index < -0.39 is 6.09 Å². The third-order valence-electron chi connectivity index (χ3n) is 2.55. The van der Waals surface area contributed by atoms with Gasteiger partial charge in [0.15, 0.2) is 0 Å². The molecule has 0 heterocycles. The largest absolute Gasteiger partial charge is 0.445 e. The smallest absolute Gasteiger partial charge is 0.410 e. The van der Waals surface area contributed by atoms with Gasteiger partial charge in [-0.3, -0.25) is 4.79 Å². The van der Waals surface area contributed by atoms with Gasteiger partial charge in [-0.15, -0.1) is 0 Å². The zero-order valence-corrected chi connectivity index (χ0v) is 11.5. The van der Waals surface area contributed by atoms with Crippen LogP contribution in [0.2, 0.25) is 0 Å². The molecule has 1 aromatic carbocycles. The monoisotopic (exact) mass is 280 g/mol. The number of benzene rings is 1. The first kappa shape index (κ1) is 16.0. The summed E-state index contributed by atoms with van der Waals surface area (Å²) in [4.78, 5) is 24.3. The standard InChI is InChI=1S/C14H20N2O4/c1-16(10-13(18)15-8-5-9-17)14(19)20-11-12-6-3-2-4-7-12/h2-4,6-7,17H,5,8-11H2,1H3,(H,15,18). The fourth-order valence-corrected chi connectivity index (χ4v) is 1.47. The van der Waals surface area contributed by atoms with E-state index in [1.807, 2.05) is 30.3 Å². The van der Waals surface area contributed by atoms with Crippen LogP contribution in [0.15, 0.2) is 30.3 Å². The van der Waals surface area contributed by atoms with Crippen LogP contribution < -0.4 is 5.32 Å². The molecule has 1 rings (SSSR count). The number of likely N-dealkylation sites (N-methyl/N-ethyl adjacent to an activating group) is 1. The minimum atomic E-state index is -0.550. The molecule has 0 spiro atoms. The van der Waals surface area contributed by atoms with E-state index in [1.165, 1.54) is 11.9 Å². The maximum Gasteiger partial charge on any atom is 0.410 e. The van der Waals surface area contributed by atoms with Gasteiger partial charge < -0.3 is 20.1 Å². The van der Waals surface area contributed by atoms with Crippen LogP contribution in [-0.2, 0) is 16.1 Å². The lowest BCUT2D eigenvalue weighted by Gasteiger charge is -2.16. The van der Waals surface area contributed by atoms with Gasteiger partial charge in [-0.05, 0) is 12.0 Å². The Hall–Kier alpha value is -2.08. The average molecular weight is 280 g/mol. The lowest BCUT2D eigenvalue weighted by Crippen LogP contribution is -2.39. The van der Waals surface area contributed by atoms with E-state index in [0.29, 0.717) is 13.0 Å². The second kappa shape index (κ2) is 8.92. The SMILES string of the molecule is CN(CC(=O)NCCCO)C(=O)OCc1ccccc1. The van der Waals surface area contributed by atoms with Crippen molar-refractivity contribution in [1.82, 2.24) is 10.2 Å². The highest BCUT2D eigenvalue weighted by molar-refractivity contribution is 5.82. The van der Waals surface area contributed by atoms with E-state index in [9.17, 15) is 9.59 Å². The molecule has 0 radical (unpaired) electrons. The maximum absolute atomic E-state index is 11.7. The Morgan fingerprint density at radius 3 is 2.65 bits per heavy atom. The predicted octanol–water partition coefficient (Wildman–Crippen LogP) is 0.754. The molecule has 0 aliphatic rings. The molecule has 0 aliphatic carbocycles. The van der Waals surface area contributed by atoms with E-state index in [4.69, 9.17) is 9.84 Å². The van der Waals surface area contributed by atoms with E-state index in [2.05, 4.69) is 5.32 Å². The molecule has 1 aromatic rings. The van der Waals surface area contributed by atoms with Crippen molar-refractivity contribution in [2.45, 2.75) is 13.0 Å². The number of aliphatic hydroxyl groups is 1. The quantitative estimate of drug-likeness (QED) is 0.723. The summed E-state index contributed by atoms with van der Waals surface area (Å²) in [6.07, 6.45) is -0.0559. The molecule has 0 unspecified atom stereocenters. The van der Waals surface area contributed by atoms with Gasteiger partial charge in [-0.2, -0.15) is 0 Å². The highest BCUT2D eigenvalue weighted by atomic mass is 16.6. The van der Waals surface area contributed by atoms with E-state index in [1.54, 1.807) is 0 Å². The summed E-state index contributed by atoms with van der Waals surface area (Å²) in [5.41, 5.74) is 0.890. The van der Waals surface area contributed by atoms with Gasteiger partial charge in [0.05, 0.1) is 0 Å². The number of amides is 2. The fraction of sp³-hybridized carbons (Fsp3) is 0.429. The highest BCUT2D eigenvalue weighted by Gasteiger charge is 2.13. The number of nitrogens with one attached hydrogen (secondary N) is 1. The Morgan fingerprint density at radius 1 is 1.30 bits per heavy atom. The van der Waals surface area contributed by atoms with Crippen molar-refractivity contribution in [3.8, 4) is 0 Å². The topological polar surface area (TPSA) is 78.9 Å². The van der Waals surface area contributed by atoms with Crippen LogP contribution in [0.1, 0.15) is 12.0 Å². The number of rotatable bonds is 7. The normalized spacial score (nSPS) is 9.90. The summed E-state index contributed by atoms with van der Waals surface area (Å²) in [6, 6.07) is 9.32. The number of hydrogen-bond donors (Lipinski definition) is 2. The summed E-state index contributed by atoms with van der Waals surface area (Å²) in [7, 11) is 1.50. The van der Waals surface area contributed by atoms with Gasteiger partial charge in [0.25, 0.3) is 0 Å². The Kier molecular flexibility index (Phi) is 7.13. The third kappa shape index (κ3) is 6.19. The molecule has 0 atom stereocenters. The van der Waals surface area contributed by atoms with Crippen molar-refractivity contribution in [1.29, 1.82) is 0 Å². The zero-order chi connectivity index (χ0) is 14.8. The molecular formula is C14H20N2O4. The molecule has 20 heavy (non-hydrogen) atoms. The molecule has 0 saturated heterocycles. The van der Waals surface area contributed by atoms with Gasteiger partial charge in [-0.1, -0.05) is 30.3 Å². The molecule has 2 amide bonds. The lowest BCUT2D eigenvalue weighted by molar-refractivity contribution is -0.121. The summed E-state index contributed by atoms with van der Waals surface area (Å²) >= 11 is 0. The van der Waals surface area contributed by atoms with Crippen LogP contribution in [0, 0.1) is 0 Å². The summed E-state index contributed by atoms with van der Waals surface area (Å²) in [5, 5.41) is 11.2. The highest BCUT2D eigenvalue weighted by Crippen LogP contribution is 2.02. The third-order valence-corrected chi connectivity index (χ3v) is 2.55. The van der Waals surface area contributed by atoms with Gasteiger partial charge in [0.1, 0.15) is 13.2 Å². The van der Waals surface area contributed by atoms with Crippen molar-refractivity contribution in [2.75, 3.05) is 26.7 Å². The van der Waals surface area contributed by atoms with Gasteiger partial charge >= 0.3 is 6.09 Å². The van der Waals surface area contributed by atoms with Gasteiger partial charge in [0, 0.05) is 20.2 Å². The molecule has 6 nitrogen and oxygen atoms in total. The Labute approximate surface area is 118 Å². The molecule has 6 heteroatoms. The summed E-state index contributed by atoms with van der Waals surface area (Å²) in [5.74, 6) is -0.280. The minimum Gasteiger partial charge on any atom is -0.445 e. The molecule has 0 saturated carbocycles. The summed E-state index contributed by atoms with van der Waals surface area (Å²) < 4.78 is 5.08. The maximum atomic E-state index is 11.7. The molecule has 0 aliphatic heterocycles. The Morgan fingerprint density at radius 2 is 2.00 bits per heavy atom. The molecule has 0 aromatic heterocycles. The fourth-order valence-electron chi connectivity index (χ4n) is 1.47. The lowest BCUT2D eigenvalue weighted by atomic mass is 10.2. The zero-order valence-electron chi connectivity index (χ0n) is 11.5. The van der Waals surface area contributed by atoms with E-state index >= 15 is 0 Å². The second-order valence-corrected chi connectivity index (χ2v) is 4.32. The van der Waals surface area contributed by atoms with E-state index in [0.717, 1.165) is 5.56 Å². The van der Waals surface area contributed by atoms with Crippen LogP contribution in [0.25, 0.3) is 0 Å². The van der Waals surface area contributed by atoms with Crippen molar-refractivity contribution in [3.63, 3.8) is 0 Å². The Bertz CT molecular complexity index is 422. The van der Waals surface area contributed by atoms with Crippen molar-refractivity contribution >= 4 is 12.0 Å². The molecule has 2 N–H and O–H groups in total. The van der Waals surface area contributed by atoms with Crippen LogP contribution in [-0.4, -0.2) is 48.8 Å². The second-order valence-electron chi connectivity index (χ2n) is 4.32. The first-order valence-corrected chi connectivity index (χ1v) is 6.43. The predicted molar refractivity (Wildman–Crippen MR) is 74.0 cm³/mol. The number of carbonyl (C=O) groups excluding carboxylic acids is 2. The van der Waals surface area contributed by atoms with Crippen molar-refractivity contribution < 1.29 is 19.4 Å². The van der Waals surface area contributed by atoms with Gasteiger partial charge in [-0.25, -0.2) is 4.79 Å². The number of ether oxygens (including phenoxy) is 1. The Balaban J connectivity index is 2.26.